The maximum absolute atomic E-state index is 12.4. The van der Waals surface area contributed by atoms with E-state index in [1.54, 1.807) is 25.1 Å². The lowest BCUT2D eigenvalue weighted by atomic mass is 10.1. The number of anilines is 2. The molecule has 6 heteroatoms. The Morgan fingerprint density at radius 2 is 1.69 bits per heavy atom. The van der Waals surface area contributed by atoms with E-state index in [0.717, 1.165) is 19.3 Å². The van der Waals surface area contributed by atoms with Crippen LogP contribution in [0.5, 0.6) is 0 Å². The van der Waals surface area contributed by atoms with Crippen molar-refractivity contribution in [1.82, 2.24) is 0 Å². The molecule has 5 nitrogen and oxygen atoms in total. The van der Waals surface area contributed by atoms with Gasteiger partial charge in [0.2, 0.25) is 10.0 Å². The Bertz CT molecular complexity index is 830. The molecular formula is C20H26N2O3S. The summed E-state index contributed by atoms with van der Waals surface area (Å²) < 4.78 is 26.2. The maximum atomic E-state index is 12.4. The summed E-state index contributed by atoms with van der Waals surface area (Å²) in [5, 5.41) is 2.84. The molecule has 0 atom stereocenters. The van der Waals surface area contributed by atoms with Crippen molar-refractivity contribution < 1.29 is 13.2 Å². The summed E-state index contributed by atoms with van der Waals surface area (Å²) in [5.41, 5.74) is 2.75. The summed E-state index contributed by atoms with van der Waals surface area (Å²) in [6.45, 7) is 3.96. The largest absolute Gasteiger partial charge is 0.322 e. The van der Waals surface area contributed by atoms with Crippen LogP contribution in [0, 0.1) is 0 Å². The van der Waals surface area contributed by atoms with Crippen LogP contribution in [0.2, 0.25) is 0 Å². The number of hydrogen-bond acceptors (Lipinski definition) is 3. The third kappa shape index (κ3) is 6.19. The summed E-state index contributed by atoms with van der Waals surface area (Å²) in [6.07, 6.45) is 3.86. The third-order valence-electron chi connectivity index (χ3n) is 3.90. The van der Waals surface area contributed by atoms with Crippen LogP contribution in [0.25, 0.3) is 0 Å². The van der Waals surface area contributed by atoms with E-state index in [1.165, 1.54) is 11.6 Å². The highest BCUT2D eigenvalue weighted by atomic mass is 32.2. The molecule has 0 radical (unpaired) electrons. The molecule has 26 heavy (non-hydrogen) atoms. The molecule has 2 rings (SSSR count). The van der Waals surface area contributed by atoms with Gasteiger partial charge in [0, 0.05) is 16.9 Å². The zero-order chi connectivity index (χ0) is 19.0. The standard InChI is InChI=1S/C20H26N2O3S/c1-3-5-7-16-10-12-18(13-11-16)21-20(23)17-8-6-9-19(15-17)22-26(24,25)14-4-2/h6,8-13,15,22H,3-5,7,14H2,1-2H3,(H,21,23). The minimum Gasteiger partial charge on any atom is -0.322 e. The Morgan fingerprint density at radius 1 is 0.962 bits per heavy atom. The van der Waals surface area contributed by atoms with E-state index in [4.69, 9.17) is 0 Å². The fourth-order valence-corrected chi connectivity index (χ4v) is 3.69. The summed E-state index contributed by atoms with van der Waals surface area (Å²) in [6, 6.07) is 14.3. The van der Waals surface area contributed by atoms with Crippen LogP contribution >= 0.6 is 0 Å². The van der Waals surface area contributed by atoms with Crippen LogP contribution in [0.15, 0.2) is 48.5 Å². The summed E-state index contributed by atoms with van der Waals surface area (Å²) in [7, 11) is -3.38. The fourth-order valence-electron chi connectivity index (χ4n) is 2.56. The maximum Gasteiger partial charge on any atom is 0.255 e. The summed E-state index contributed by atoms with van der Waals surface area (Å²) >= 11 is 0. The number of carbonyl (C=O) groups excluding carboxylic acids is 1. The van der Waals surface area contributed by atoms with Crippen molar-refractivity contribution in [2.75, 3.05) is 15.8 Å². The summed E-state index contributed by atoms with van der Waals surface area (Å²) in [5.74, 6) is -0.226. The van der Waals surface area contributed by atoms with Gasteiger partial charge >= 0.3 is 0 Å². The number of carbonyl (C=O) groups is 1. The molecule has 140 valence electrons. The van der Waals surface area contributed by atoms with Crippen molar-refractivity contribution in [3.63, 3.8) is 0 Å². The number of nitrogens with one attached hydrogen (secondary N) is 2. The number of hydrogen-bond donors (Lipinski definition) is 2. The molecule has 0 spiro atoms. The number of rotatable bonds is 9. The minimum absolute atomic E-state index is 0.0494. The van der Waals surface area contributed by atoms with Crippen molar-refractivity contribution in [2.24, 2.45) is 0 Å². The average molecular weight is 375 g/mol. The van der Waals surface area contributed by atoms with Gasteiger partial charge in [-0.15, -0.1) is 0 Å². The first kappa shape index (κ1) is 20.0. The van der Waals surface area contributed by atoms with E-state index in [2.05, 4.69) is 17.0 Å². The van der Waals surface area contributed by atoms with Crippen molar-refractivity contribution in [3.8, 4) is 0 Å². The van der Waals surface area contributed by atoms with Gasteiger partial charge < -0.3 is 5.32 Å². The molecular weight excluding hydrogens is 348 g/mol. The van der Waals surface area contributed by atoms with Crippen molar-refractivity contribution in [3.05, 3.63) is 59.7 Å². The normalized spacial score (nSPS) is 11.2. The first-order valence-electron chi connectivity index (χ1n) is 8.94. The molecule has 0 aromatic heterocycles. The Kier molecular flexibility index (Phi) is 7.21. The molecule has 2 N–H and O–H groups in total. The molecule has 0 aliphatic carbocycles. The molecule has 0 aliphatic rings. The molecule has 0 unspecified atom stereocenters. The monoisotopic (exact) mass is 374 g/mol. The van der Waals surface area contributed by atoms with Crippen LogP contribution in [-0.4, -0.2) is 20.1 Å². The van der Waals surface area contributed by atoms with Gasteiger partial charge in [-0.05, 0) is 55.2 Å². The second kappa shape index (κ2) is 9.38. The predicted molar refractivity (Wildman–Crippen MR) is 107 cm³/mol. The second-order valence-corrected chi connectivity index (χ2v) is 8.10. The van der Waals surface area contributed by atoms with E-state index >= 15 is 0 Å². The van der Waals surface area contributed by atoms with Gasteiger partial charge in [0.1, 0.15) is 0 Å². The molecule has 0 fully saturated rings. The van der Waals surface area contributed by atoms with Crippen LogP contribution in [-0.2, 0) is 16.4 Å². The highest BCUT2D eigenvalue weighted by Gasteiger charge is 2.11. The number of unbranched alkanes of at least 4 members (excludes halogenated alkanes) is 1. The smallest absolute Gasteiger partial charge is 0.255 e. The topological polar surface area (TPSA) is 75.3 Å². The number of benzene rings is 2. The fraction of sp³-hybridized carbons (Fsp3) is 0.350. The lowest BCUT2D eigenvalue weighted by Crippen LogP contribution is -2.17. The van der Waals surface area contributed by atoms with E-state index in [0.29, 0.717) is 23.4 Å². The van der Waals surface area contributed by atoms with Gasteiger partial charge in [0.05, 0.1) is 5.75 Å². The van der Waals surface area contributed by atoms with Gasteiger partial charge in [0.25, 0.3) is 5.91 Å². The molecule has 2 aromatic carbocycles. The minimum atomic E-state index is -3.38. The molecule has 0 saturated heterocycles. The Labute approximate surface area is 155 Å². The zero-order valence-electron chi connectivity index (χ0n) is 15.3. The van der Waals surface area contributed by atoms with Crippen LogP contribution in [0.1, 0.15) is 49.0 Å². The molecule has 2 aromatic rings. The van der Waals surface area contributed by atoms with E-state index in [-0.39, 0.29) is 11.7 Å². The number of aryl methyl sites for hydroxylation is 1. The van der Waals surface area contributed by atoms with Gasteiger partial charge in [-0.3, -0.25) is 9.52 Å². The molecule has 1 amide bonds. The van der Waals surface area contributed by atoms with Crippen LogP contribution < -0.4 is 10.0 Å². The Balaban J connectivity index is 2.04. The van der Waals surface area contributed by atoms with Crippen molar-refractivity contribution >= 4 is 27.3 Å². The Hall–Kier alpha value is -2.34. The third-order valence-corrected chi connectivity index (χ3v) is 5.39. The SMILES string of the molecule is CCCCc1ccc(NC(=O)c2cccc(NS(=O)(=O)CCC)c2)cc1. The second-order valence-electron chi connectivity index (χ2n) is 6.26. The molecule has 0 saturated carbocycles. The molecule has 0 aliphatic heterocycles. The average Bonchev–Trinajstić information content (AvgIpc) is 2.61. The quantitative estimate of drug-likeness (QED) is 0.682. The first-order chi connectivity index (χ1) is 12.4. The highest BCUT2D eigenvalue weighted by Crippen LogP contribution is 2.16. The lowest BCUT2D eigenvalue weighted by Gasteiger charge is -2.10. The van der Waals surface area contributed by atoms with Crippen molar-refractivity contribution in [2.45, 2.75) is 39.5 Å². The van der Waals surface area contributed by atoms with E-state index < -0.39 is 10.0 Å². The van der Waals surface area contributed by atoms with Crippen LogP contribution in [0.3, 0.4) is 0 Å². The van der Waals surface area contributed by atoms with Gasteiger partial charge in [-0.1, -0.05) is 38.5 Å². The lowest BCUT2D eigenvalue weighted by molar-refractivity contribution is 0.102. The Morgan fingerprint density at radius 3 is 2.35 bits per heavy atom. The highest BCUT2D eigenvalue weighted by molar-refractivity contribution is 7.92. The van der Waals surface area contributed by atoms with Crippen molar-refractivity contribution in [1.29, 1.82) is 0 Å². The number of sulfonamides is 1. The molecule has 0 bridgehead atoms. The predicted octanol–water partition coefficient (Wildman–Crippen LogP) is 4.43. The zero-order valence-corrected chi connectivity index (χ0v) is 16.1. The van der Waals surface area contributed by atoms with Gasteiger partial charge in [-0.25, -0.2) is 8.42 Å². The first-order valence-corrected chi connectivity index (χ1v) is 10.6. The summed E-state index contributed by atoms with van der Waals surface area (Å²) in [4.78, 5) is 12.4. The molecule has 0 heterocycles. The van der Waals surface area contributed by atoms with E-state index in [1.807, 2.05) is 24.3 Å². The van der Waals surface area contributed by atoms with Gasteiger partial charge in [0.15, 0.2) is 0 Å². The van der Waals surface area contributed by atoms with Crippen LogP contribution in [0.4, 0.5) is 11.4 Å². The number of amides is 1. The van der Waals surface area contributed by atoms with E-state index in [9.17, 15) is 13.2 Å². The van der Waals surface area contributed by atoms with Gasteiger partial charge in [-0.2, -0.15) is 0 Å².